The topological polar surface area (TPSA) is 72.2 Å². The fourth-order valence-electron chi connectivity index (χ4n) is 2.39. The molecule has 1 aromatic heterocycles. The zero-order chi connectivity index (χ0) is 17.1. The molecule has 4 nitrogen and oxygen atoms in total. The molecule has 23 heavy (non-hydrogen) atoms. The third-order valence-corrected chi connectivity index (χ3v) is 5.02. The lowest BCUT2D eigenvalue weighted by molar-refractivity contribution is -0.115. The quantitative estimate of drug-likeness (QED) is 0.876. The highest BCUT2D eigenvalue weighted by Crippen LogP contribution is 2.32. The zero-order valence-electron chi connectivity index (χ0n) is 13.9. The third kappa shape index (κ3) is 3.99. The van der Waals surface area contributed by atoms with Crippen molar-refractivity contribution in [2.45, 2.75) is 40.0 Å². The summed E-state index contributed by atoms with van der Waals surface area (Å²) in [6.07, 6.45) is 0.270. The Hall–Kier alpha value is -2.14. The van der Waals surface area contributed by atoms with Crippen LogP contribution in [0, 0.1) is 13.8 Å². The van der Waals surface area contributed by atoms with Crippen LogP contribution >= 0.6 is 11.3 Å². The van der Waals surface area contributed by atoms with Gasteiger partial charge < -0.3 is 11.1 Å². The van der Waals surface area contributed by atoms with Crippen molar-refractivity contribution < 1.29 is 9.59 Å². The number of hydrogen-bond acceptors (Lipinski definition) is 3. The zero-order valence-corrected chi connectivity index (χ0v) is 14.7. The first-order valence-corrected chi connectivity index (χ1v) is 8.39. The molecule has 0 aliphatic carbocycles. The van der Waals surface area contributed by atoms with Crippen molar-refractivity contribution in [3.8, 4) is 0 Å². The first kappa shape index (κ1) is 17.2. The minimum atomic E-state index is -0.511. The molecule has 1 heterocycles. The van der Waals surface area contributed by atoms with Crippen LogP contribution in [0.1, 0.15) is 51.7 Å². The van der Waals surface area contributed by atoms with Gasteiger partial charge in [-0.3, -0.25) is 9.59 Å². The number of hydrogen-bond donors (Lipinski definition) is 2. The molecule has 0 aliphatic heterocycles. The van der Waals surface area contributed by atoms with E-state index in [0.717, 1.165) is 16.0 Å². The second kappa shape index (κ2) is 6.96. The number of benzene rings is 1. The molecular weight excluding hydrogens is 308 g/mol. The summed E-state index contributed by atoms with van der Waals surface area (Å²) in [7, 11) is 0. The molecule has 2 rings (SSSR count). The molecule has 2 amide bonds. The molecule has 1 aromatic carbocycles. The lowest BCUT2D eigenvalue weighted by Crippen LogP contribution is -2.18. The van der Waals surface area contributed by atoms with E-state index in [0.29, 0.717) is 16.5 Å². The lowest BCUT2D eigenvalue weighted by atomic mass is 10.0. The van der Waals surface area contributed by atoms with Gasteiger partial charge >= 0.3 is 0 Å². The molecule has 0 saturated carbocycles. The van der Waals surface area contributed by atoms with Crippen LogP contribution in [0.5, 0.6) is 0 Å². The van der Waals surface area contributed by atoms with Gasteiger partial charge in [0.05, 0.1) is 12.0 Å². The highest BCUT2D eigenvalue weighted by molar-refractivity contribution is 7.16. The summed E-state index contributed by atoms with van der Waals surface area (Å²) in [5, 5.41) is 3.36. The van der Waals surface area contributed by atoms with E-state index >= 15 is 0 Å². The monoisotopic (exact) mass is 330 g/mol. The standard InChI is InChI=1S/C18H22N2O2S/c1-10(2)14-7-5-13(6-8-14)9-15(21)20-18-16(17(19)22)11(3)12(4)23-18/h5-8,10H,9H2,1-4H3,(H2,19,22)(H,20,21). The Morgan fingerprint density at radius 1 is 1.17 bits per heavy atom. The molecule has 3 N–H and O–H groups in total. The Morgan fingerprint density at radius 3 is 2.30 bits per heavy atom. The number of nitrogens with one attached hydrogen (secondary N) is 1. The van der Waals surface area contributed by atoms with E-state index in [-0.39, 0.29) is 12.3 Å². The summed E-state index contributed by atoms with van der Waals surface area (Å²) in [4.78, 5) is 24.8. The molecule has 0 radical (unpaired) electrons. The molecule has 2 aromatic rings. The van der Waals surface area contributed by atoms with E-state index in [1.807, 2.05) is 38.1 Å². The Kier molecular flexibility index (Phi) is 5.21. The number of primary amides is 1. The van der Waals surface area contributed by atoms with E-state index in [4.69, 9.17) is 5.73 Å². The highest BCUT2D eigenvalue weighted by atomic mass is 32.1. The first-order chi connectivity index (χ1) is 10.8. The van der Waals surface area contributed by atoms with Crippen LogP contribution in [0.2, 0.25) is 0 Å². The smallest absolute Gasteiger partial charge is 0.251 e. The van der Waals surface area contributed by atoms with Gasteiger partial charge in [-0.25, -0.2) is 0 Å². The number of anilines is 1. The molecule has 0 aliphatic rings. The summed E-state index contributed by atoms with van der Waals surface area (Å²) in [6, 6.07) is 8.02. The number of thiophene rings is 1. The number of carbonyl (C=O) groups is 2. The van der Waals surface area contributed by atoms with Crippen LogP contribution in [-0.2, 0) is 11.2 Å². The molecule has 5 heteroatoms. The second-order valence-electron chi connectivity index (χ2n) is 5.97. The maximum atomic E-state index is 12.2. The van der Waals surface area contributed by atoms with Crippen molar-refractivity contribution in [3.05, 3.63) is 51.4 Å². The van der Waals surface area contributed by atoms with Crippen LogP contribution in [0.25, 0.3) is 0 Å². The molecule has 0 bridgehead atoms. The lowest BCUT2D eigenvalue weighted by Gasteiger charge is -2.08. The van der Waals surface area contributed by atoms with Gasteiger partial charge in [0.1, 0.15) is 5.00 Å². The SMILES string of the molecule is Cc1sc(NC(=O)Cc2ccc(C(C)C)cc2)c(C(N)=O)c1C. The molecule has 0 saturated heterocycles. The van der Waals surface area contributed by atoms with Crippen LogP contribution in [-0.4, -0.2) is 11.8 Å². The minimum Gasteiger partial charge on any atom is -0.365 e. The van der Waals surface area contributed by atoms with Crippen molar-refractivity contribution in [2.75, 3.05) is 5.32 Å². The molecular formula is C18H22N2O2S. The van der Waals surface area contributed by atoms with Crippen molar-refractivity contribution in [1.82, 2.24) is 0 Å². The largest absolute Gasteiger partial charge is 0.365 e. The van der Waals surface area contributed by atoms with Gasteiger partial charge in [-0.2, -0.15) is 0 Å². The number of amides is 2. The van der Waals surface area contributed by atoms with Crippen LogP contribution < -0.4 is 11.1 Å². The molecule has 0 fully saturated rings. The summed E-state index contributed by atoms with van der Waals surface area (Å²) >= 11 is 1.38. The minimum absolute atomic E-state index is 0.147. The van der Waals surface area contributed by atoms with Crippen LogP contribution in [0.3, 0.4) is 0 Å². The van der Waals surface area contributed by atoms with Gasteiger partial charge in [-0.15, -0.1) is 11.3 Å². The fraction of sp³-hybridized carbons (Fsp3) is 0.333. The van der Waals surface area contributed by atoms with Crippen molar-refractivity contribution in [3.63, 3.8) is 0 Å². The molecule has 122 valence electrons. The maximum absolute atomic E-state index is 12.2. The number of carbonyl (C=O) groups excluding carboxylic acids is 2. The Labute approximate surface area is 140 Å². The van der Waals surface area contributed by atoms with E-state index in [1.165, 1.54) is 16.9 Å². The summed E-state index contributed by atoms with van der Waals surface area (Å²) in [6.45, 7) is 8.02. The number of rotatable bonds is 5. The predicted molar refractivity (Wildman–Crippen MR) is 95.2 cm³/mol. The Morgan fingerprint density at radius 2 is 1.78 bits per heavy atom. The predicted octanol–water partition coefficient (Wildman–Crippen LogP) is 3.77. The number of aryl methyl sites for hydroxylation is 1. The van der Waals surface area contributed by atoms with E-state index < -0.39 is 5.91 Å². The summed E-state index contributed by atoms with van der Waals surface area (Å²) < 4.78 is 0. The first-order valence-electron chi connectivity index (χ1n) is 7.58. The van der Waals surface area contributed by atoms with Gasteiger partial charge in [-0.1, -0.05) is 38.1 Å². The van der Waals surface area contributed by atoms with Gasteiger partial charge in [0.15, 0.2) is 0 Å². The van der Waals surface area contributed by atoms with Gasteiger partial charge in [0.2, 0.25) is 5.91 Å². The summed E-state index contributed by atoms with van der Waals surface area (Å²) in [5.74, 6) is -0.192. The number of nitrogens with two attached hydrogens (primary N) is 1. The average molecular weight is 330 g/mol. The van der Waals surface area contributed by atoms with Crippen molar-refractivity contribution in [2.24, 2.45) is 5.73 Å². The van der Waals surface area contributed by atoms with Gasteiger partial charge in [-0.05, 0) is 36.5 Å². The van der Waals surface area contributed by atoms with E-state index in [2.05, 4.69) is 19.2 Å². The second-order valence-corrected chi connectivity index (χ2v) is 7.20. The van der Waals surface area contributed by atoms with Gasteiger partial charge in [0, 0.05) is 4.88 Å². The molecule has 0 atom stereocenters. The normalized spacial score (nSPS) is 10.8. The summed E-state index contributed by atoms with van der Waals surface area (Å²) in [5.41, 5.74) is 8.85. The van der Waals surface area contributed by atoms with Crippen LogP contribution in [0.15, 0.2) is 24.3 Å². The van der Waals surface area contributed by atoms with Crippen molar-refractivity contribution >= 4 is 28.2 Å². The van der Waals surface area contributed by atoms with E-state index in [9.17, 15) is 9.59 Å². The average Bonchev–Trinajstić information content (AvgIpc) is 2.74. The van der Waals surface area contributed by atoms with E-state index in [1.54, 1.807) is 0 Å². The maximum Gasteiger partial charge on any atom is 0.251 e. The third-order valence-electron chi connectivity index (χ3n) is 3.90. The Bertz CT molecular complexity index is 730. The van der Waals surface area contributed by atoms with Crippen LogP contribution in [0.4, 0.5) is 5.00 Å². The Balaban J connectivity index is 2.11. The molecule has 0 spiro atoms. The molecule has 0 unspecified atom stereocenters. The highest BCUT2D eigenvalue weighted by Gasteiger charge is 2.19. The fourth-order valence-corrected chi connectivity index (χ4v) is 3.47. The van der Waals surface area contributed by atoms with Crippen molar-refractivity contribution in [1.29, 1.82) is 0 Å². The van der Waals surface area contributed by atoms with Gasteiger partial charge in [0.25, 0.3) is 5.91 Å².